The van der Waals surface area contributed by atoms with Crippen LogP contribution < -0.4 is 10.1 Å². The summed E-state index contributed by atoms with van der Waals surface area (Å²) in [6, 6.07) is 3.71. The highest BCUT2D eigenvalue weighted by molar-refractivity contribution is 6.35. The second kappa shape index (κ2) is 7.97. The average molecular weight is 320 g/mol. The number of hydrogen-bond acceptors (Lipinski definition) is 3. The van der Waals surface area contributed by atoms with Crippen LogP contribution in [0.5, 0.6) is 5.75 Å². The Labute approximate surface area is 126 Å². The molecule has 5 nitrogen and oxygen atoms in total. The fourth-order valence-corrected chi connectivity index (χ4v) is 1.98. The van der Waals surface area contributed by atoms with Gasteiger partial charge >= 0.3 is 5.97 Å². The monoisotopic (exact) mass is 319 g/mol. The molecule has 1 aromatic rings. The van der Waals surface area contributed by atoms with Gasteiger partial charge in [0.15, 0.2) is 6.61 Å². The Morgan fingerprint density at radius 3 is 2.65 bits per heavy atom. The minimum Gasteiger partial charge on any atom is -0.482 e. The highest BCUT2D eigenvalue weighted by Crippen LogP contribution is 2.27. The van der Waals surface area contributed by atoms with Crippen molar-refractivity contribution in [3.8, 4) is 5.75 Å². The SMILES string of the molecule is CCCC(NC(=O)COc1ccc(Cl)cc1Cl)C(=O)O. The van der Waals surface area contributed by atoms with Gasteiger partial charge in [0, 0.05) is 5.02 Å². The number of amides is 1. The maximum Gasteiger partial charge on any atom is 0.326 e. The van der Waals surface area contributed by atoms with E-state index in [1.165, 1.54) is 6.07 Å². The van der Waals surface area contributed by atoms with Crippen molar-refractivity contribution in [2.75, 3.05) is 6.61 Å². The molecular weight excluding hydrogens is 305 g/mol. The van der Waals surface area contributed by atoms with E-state index in [0.29, 0.717) is 23.6 Å². The second-order valence-corrected chi connectivity index (χ2v) is 4.95. The Bertz CT molecular complexity index is 493. The largest absolute Gasteiger partial charge is 0.482 e. The fraction of sp³-hybridized carbons (Fsp3) is 0.385. The molecule has 0 aliphatic heterocycles. The lowest BCUT2D eigenvalue weighted by molar-refractivity contribution is -0.142. The van der Waals surface area contributed by atoms with Gasteiger partial charge in [-0.1, -0.05) is 36.5 Å². The van der Waals surface area contributed by atoms with Crippen molar-refractivity contribution in [3.63, 3.8) is 0 Å². The summed E-state index contributed by atoms with van der Waals surface area (Å²) >= 11 is 11.6. The predicted molar refractivity (Wildman–Crippen MR) is 76.4 cm³/mol. The van der Waals surface area contributed by atoms with Gasteiger partial charge in [-0.05, 0) is 24.6 Å². The summed E-state index contributed by atoms with van der Waals surface area (Å²) in [7, 11) is 0. The average Bonchev–Trinajstić information content (AvgIpc) is 2.37. The first-order valence-corrected chi connectivity index (χ1v) is 6.79. The zero-order valence-electron chi connectivity index (χ0n) is 10.9. The quantitative estimate of drug-likeness (QED) is 0.810. The van der Waals surface area contributed by atoms with Gasteiger partial charge in [0.1, 0.15) is 11.8 Å². The summed E-state index contributed by atoms with van der Waals surface area (Å²) in [6.07, 6.45) is 1.02. The van der Waals surface area contributed by atoms with Crippen LogP contribution in [0, 0.1) is 0 Å². The summed E-state index contributed by atoms with van der Waals surface area (Å²) in [5, 5.41) is 12.1. The number of halogens is 2. The van der Waals surface area contributed by atoms with Crippen LogP contribution in [0.3, 0.4) is 0 Å². The molecule has 0 bridgehead atoms. The minimum absolute atomic E-state index is 0.286. The first-order chi connectivity index (χ1) is 9.43. The summed E-state index contributed by atoms with van der Waals surface area (Å²) < 4.78 is 5.22. The second-order valence-electron chi connectivity index (χ2n) is 4.11. The zero-order chi connectivity index (χ0) is 15.1. The van der Waals surface area contributed by atoms with E-state index >= 15 is 0 Å². The summed E-state index contributed by atoms with van der Waals surface area (Å²) in [4.78, 5) is 22.5. The number of carboxylic acid groups (broad SMARTS) is 1. The first kappa shape index (κ1) is 16.6. The van der Waals surface area contributed by atoms with Crippen molar-refractivity contribution in [1.29, 1.82) is 0 Å². The third kappa shape index (κ3) is 5.27. The molecule has 1 unspecified atom stereocenters. The van der Waals surface area contributed by atoms with Gasteiger partial charge in [0.2, 0.25) is 0 Å². The van der Waals surface area contributed by atoms with Gasteiger partial charge in [0.05, 0.1) is 5.02 Å². The highest BCUT2D eigenvalue weighted by atomic mass is 35.5. The third-order valence-corrected chi connectivity index (χ3v) is 2.99. The lowest BCUT2D eigenvalue weighted by Crippen LogP contribution is -2.42. The van der Waals surface area contributed by atoms with E-state index in [4.69, 9.17) is 33.0 Å². The van der Waals surface area contributed by atoms with Crippen LogP contribution >= 0.6 is 23.2 Å². The van der Waals surface area contributed by atoms with Gasteiger partial charge in [-0.25, -0.2) is 4.79 Å². The number of aliphatic carboxylic acids is 1. The van der Waals surface area contributed by atoms with E-state index < -0.39 is 17.9 Å². The molecule has 1 amide bonds. The smallest absolute Gasteiger partial charge is 0.326 e. The van der Waals surface area contributed by atoms with E-state index in [1.54, 1.807) is 12.1 Å². The predicted octanol–water partition coefficient (Wildman–Crippen LogP) is 2.74. The molecular formula is C13H15Cl2NO4. The number of hydrogen-bond donors (Lipinski definition) is 2. The Morgan fingerprint density at radius 1 is 1.40 bits per heavy atom. The molecule has 0 saturated heterocycles. The maximum absolute atomic E-state index is 11.6. The van der Waals surface area contributed by atoms with Crippen LogP contribution in [0.15, 0.2) is 18.2 Å². The number of carboxylic acids is 1. The Morgan fingerprint density at radius 2 is 2.10 bits per heavy atom. The number of carbonyl (C=O) groups excluding carboxylic acids is 1. The lowest BCUT2D eigenvalue weighted by atomic mass is 10.2. The standard InChI is InChI=1S/C13H15Cl2NO4/c1-2-3-10(13(18)19)16-12(17)7-20-11-5-4-8(14)6-9(11)15/h4-6,10H,2-3,7H2,1H3,(H,16,17)(H,18,19). The van der Waals surface area contributed by atoms with Crippen molar-refractivity contribution in [2.45, 2.75) is 25.8 Å². The Balaban J connectivity index is 2.52. The van der Waals surface area contributed by atoms with Gasteiger partial charge < -0.3 is 15.2 Å². The molecule has 0 radical (unpaired) electrons. The van der Waals surface area contributed by atoms with Gasteiger partial charge in [0.25, 0.3) is 5.91 Å². The lowest BCUT2D eigenvalue weighted by Gasteiger charge is -2.14. The fourth-order valence-electron chi connectivity index (χ4n) is 1.52. The summed E-state index contributed by atoms with van der Waals surface area (Å²) in [5.74, 6) is -1.27. The van der Waals surface area contributed by atoms with Gasteiger partial charge in [-0.2, -0.15) is 0 Å². The molecule has 0 saturated carbocycles. The zero-order valence-corrected chi connectivity index (χ0v) is 12.4. The first-order valence-electron chi connectivity index (χ1n) is 6.04. The molecule has 7 heteroatoms. The molecule has 0 heterocycles. The van der Waals surface area contributed by atoms with E-state index in [1.807, 2.05) is 6.92 Å². The minimum atomic E-state index is -1.07. The van der Waals surface area contributed by atoms with Gasteiger partial charge in [-0.15, -0.1) is 0 Å². The van der Waals surface area contributed by atoms with E-state index in [2.05, 4.69) is 5.32 Å². The molecule has 0 fully saturated rings. The Kier molecular flexibility index (Phi) is 6.61. The van der Waals surface area contributed by atoms with Crippen LogP contribution in [0.2, 0.25) is 10.0 Å². The van der Waals surface area contributed by atoms with E-state index in [-0.39, 0.29) is 11.6 Å². The number of rotatable bonds is 7. The molecule has 20 heavy (non-hydrogen) atoms. The van der Waals surface area contributed by atoms with Crippen LogP contribution in [0.25, 0.3) is 0 Å². The van der Waals surface area contributed by atoms with Crippen molar-refractivity contribution in [3.05, 3.63) is 28.2 Å². The molecule has 0 aliphatic rings. The van der Waals surface area contributed by atoms with Crippen molar-refractivity contribution in [1.82, 2.24) is 5.32 Å². The topological polar surface area (TPSA) is 75.6 Å². The van der Waals surface area contributed by atoms with Crippen LogP contribution in [-0.4, -0.2) is 29.6 Å². The molecule has 0 aliphatic carbocycles. The van der Waals surface area contributed by atoms with E-state index in [9.17, 15) is 9.59 Å². The van der Waals surface area contributed by atoms with Gasteiger partial charge in [-0.3, -0.25) is 4.79 Å². The molecule has 2 N–H and O–H groups in total. The number of carbonyl (C=O) groups is 2. The number of benzene rings is 1. The number of ether oxygens (including phenoxy) is 1. The van der Waals surface area contributed by atoms with Crippen molar-refractivity contribution >= 4 is 35.1 Å². The van der Waals surface area contributed by atoms with Crippen LogP contribution in [-0.2, 0) is 9.59 Å². The molecule has 1 atom stereocenters. The molecule has 1 aromatic carbocycles. The third-order valence-electron chi connectivity index (χ3n) is 2.46. The summed E-state index contributed by atoms with van der Waals surface area (Å²) in [6.45, 7) is 1.53. The molecule has 1 rings (SSSR count). The molecule has 110 valence electrons. The highest BCUT2D eigenvalue weighted by Gasteiger charge is 2.19. The maximum atomic E-state index is 11.6. The Hall–Kier alpha value is -1.46. The van der Waals surface area contributed by atoms with Crippen molar-refractivity contribution < 1.29 is 19.4 Å². The molecule has 0 aromatic heterocycles. The molecule has 0 spiro atoms. The van der Waals surface area contributed by atoms with Crippen LogP contribution in [0.4, 0.5) is 0 Å². The van der Waals surface area contributed by atoms with Crippen molar-refractivity contribution in [2.24, 2.45) is 0 Å². The summed E-state index contributed by atoms with van der Waals surface area (Å²) in [5.41, 5.74) is 0. The van der Waals surface area contributed by atoms with Crippen LogP contribution in [0.1, 0.15) is 19.8 Å². The van der Waals surface area contributed by atoms with E-state index in [0.717, 1.165) is 0 Å². The number of nitrogens with one attached hydrogen (secondary N) is 1. The normalized spacial score (nSPS) is 11.8.